The van der Waals surface area contributed by atoms with E-state index >= 15 is 0 Å². The van der Waals surface area contributed by atoms with E-state index in [4.69, 9.17) is 4.74 Å². The summed E-state index contributed by atoms with van der Waals surface area (Å²) in [5.41, 5.74) is 1.88. The molecule has 0 aliphatic carbocycles. The van der Waals surface area contributed by atoms with Crippen LogP contribution in [0, 0.1) is 0 Å². The average Bonchev–Trinajstić information content (AvgIpc) is 2.65. The van der Waals surface area contributed by atoms with E-state index in [9.17, 15) is 13.2 Å². The molecule has 2 aromatic carbocycles. The number of hydrogen-bond acceptors (Lipinski definition) is 4. The second-order valence-electron chi connectivity index (χ2n) is 6.07. The number of carbonyl (C=O) groups excluding carboxylic acids is 1. The van der Waals surface area contributed by atoms with Crippen molar-refractivity contribution in [3.8, 4) is 5.75 Å². The highest BCUT2D eigenvalue weighted by Gasteiger charge is 2.22. The van der Waals surface area contributed by atoms with Crippen molar-refractivity contribution in [1.82, 2.24) is 9.62 Å². The zero-order valence-corrected chi connectivity index (χ0v) is 15.4. The van der Waals surface area contributed by atoms with Gasteiger partial charge in [0, 0.05) is 26.2 Å². The molecule has 0 spiro atoms. The molecule has 26 heavy (non-hydrogen) atoms. The SMILES string of the molecule is CN(C)S(=O)(=O)c1ccccc1CNC(=O)C1=Cc2ccccc2OC1. The van der Waals surface area contributed by atoms with E-state index < -0.39 is 10.0 Å². The van der Waals surface area contributed by atoms with Gasteiger partial charge in [0.05, 0.1) is 10.5 Å². The lowest BCUT2D eigenvalue weighted by Crippen LogP contribution is -2.30. The van der Waals surface area contributed by atoms with Crippen LogP contribution in [0.25, 0.3) is 6.08 Å². The molecule has 0 saturated carbocycles. The molecule has 7 heteroatoms. The summed E-state index contributed by atoms with van der Waals surface area (Å²) in [7, 11) is -0.621. The van der Waals surface area contributed by atoms with Gasteiger partial charge in [-0.3, -0.25) is 4.79 Å². The number of hydrogen-bond donors (Lipinski definition) is 1. The van der Waals surface area contributed by atoms with Crippen molar-refractivity contribution in [1.29, 1.82) is 0 Å². The van der Waals surface area contributed by atoms with E-state index in [1.54, 1.807) is 24.3 Å². The summed E-state index contributed by atoms with van der Waals surface area (Å²) >= 11 is 0. The third-order valence-electron chi connectivity index (χ3n) is 4.09. The molecule has 0 saturated heterocycles. The standard InChI is InChI=1S/C19H20N2O4S/c1-21(2)26(23,24)18-10-6-4-8-15(18)12-20-19(22)16-11-14-7-3-5-9-17(14)25-13-16/h3-11H,12-13H2,1-2H3,(H,20,22). The highest BCUT2D eigenvalue weighted by molar-refractivity contribution is 7.89. The fourth-order valence-corrected chi connectivity index (χ4v) is 3.75. The summed E-state index contributed by atoms with van der Waals surface area (Å²) in [6.07, 6.45) is 1.79. The van der Waals surface area contributed by atoms with Crippen LogP contribution < -0.4 is 10.1 Å². The Morgan fingerprint density at radius 3 is 2.58 bits per heavy atom. The van der Waals surface area contributed by atoms with Gasteiger partial charge in [0.2, 0.25) is 10.0 Å². The van der Waals surface area contributed by atoms with Crippen LogP contribution in [0.5, 0.6) is 5.75 Å². The van der Waals surface area contributed by atoms with E-state index in [2.05, 4.69) is 5.32 Å². The van der Waals surface area contributed by atoms with E-state index in [1.165, 1.54) is 20.2 Å². The quantitative estimate of drug-likeness (QED) is 0.871. The summed E-state index contributed by atoms with van der Waals surface area (Å²) < 4.78 is 31.6. The van der Waals surface area contributed by atoms with Crippen LogP contribution in [0.2, 0.25) is 0 Å². The van der Waals surface area contributed by atoms with E-state index in [0.29, 0.717) is 11.1 Å². The molecule has 1 amide bonds. The minimum atomic E-state index is -3.58. The molecular formula is C19H20N2O4S. The molecule has 0 bridgehead atoms. The van der Waals surface area contributed by atoms with Gasteiger partial charge >= 0.3 is 0 Å². The van der Waals surface area contributed by atoms with Gasteiger partial charge in [0.1, 0.15) is 12.4 Å². The van der Waals surface area contributed by atoms with E-state index in [-0.39, 0.29) is 24.0 Å². The Balaban J connectivity index is 1.77. The molecule has 0 unspecified atom stereocenters. The maximum atomic E-state index is 12.5. The van der Waals surface area contributed by atoms with Crippen LogP contribution >= 0.6 is 0 Å². The number of nitrogens with zero attached hydrogens (tertiary/aromatic N) is 1. The van der Waals surface area contributed by atoms with Gasteiger partial charge in [0.15, 0.2) is 0 Å². The number of sulfonamides is 1. The lowest BCUT2D eigenvalue weighted by molar-refractivity contribution is -0.117. The van der Waals surface area contributed by atoms with Gasteiger partial charge in [-0.15, -0.1) is 0 Å². The molecule has 136 valence electrons. The van der Waals surface area contributed by atoms with E-state index in [1.807, 2.05) is 24.3 Å². The van der Waals surface area contributed by atoms with Crippen molar-refractivity contribution in [2.45, 2.75) is 11.4 Å². The molecule has 6 nitrogen and oxygen atoms in total. The van der Waals surface area contributed by atoms with Crippen LogP contribution in [-0.2, 0) is 21.4 Å². The first-order chi connectivity index (χ1) is 12.4. The Morgan fingerprint density at radius 2 is 1.81 bits per heavy atom. The molecule has 0 atom stereocenters. The molecule has 0 fully saturated rings. The molecule has 1 heterocycles. The topological polar surface area (TPSA) is 75.7 Å². The summed E-state index contributed by atoms with van der Waals surface area (Å²) in [5.74, 6) is 0.461. The Labute approximate surface area is 153 Å². The van der Waals surface area contributed by atoms with Gasteiger partial charge in [-0.1, -0.05) is 36.4 Å². The largest absolute Gasteiger partial charge is 0.488 e. The minimum absolute atomic E-state index is 0.112. The van der Waals surface area contributed by atoms with Crippen molar-refractivity contribution < 1.29 is 17.9 Å². The highest BCUT2D eigenvalue weighted by atomic mass is 32.2. The lowest BCUT2D eigenvalue weighted by atomic mass is 10.1. The summed E-state index contributed by atoms with van der Waals surface area (Å²) in [6, 6.07) is 14.1. The number of ether oxygens (including phenoxy) is 1. The van der Waals surface area contributed by atoms with Gasteiger partial charge < -0.3 is 10.1 Å². The van der Waals surface area contributed by atoms with Gasteiger partial charge in [-0.25, -0.2) is 12.7 Å². The molecule has 0 aromatic heterocycles. The van der Waals surface area contributed by atoms with Crippen molar-refractivity contribution in [3.63, 3.8) is 0 Å². The highest BCUT2D eigenvalue weighted by Crippen LogP contribution is 2.26. The molecule has 2 aromatic rings. The average molecular weight is 372 g/mol. The Kier molecular flexibility index (Phi) is 5.11. The van der Waals surface area contributed by atoms with Gasteiger partial charge in [0.25, 0.3) is 5.91 Å². The zero-order chi connectivity index (χ0) is 18.7. The number of carbonyl (C=O) groups is 1. The zero-order valence-electron chi connectivity index (χ0n) is 14.6. The first-order valence-corrected chi connectivity index (χ1v) is 9.54. The predicted molar refractivity (Wildman–Crippen MR) is 99.1 cm³/mol. The predicted octanol–water partition coefficient (Wildman–Crippen LogP) is 2.03. The molecule has 3 rings (SSSR count). The van der Waals surface area contributed by atoms with Gasteiger partial charge in [-0.2, -0.15) is 0 Å². The minimum Gasteiger partial charge on any atom is -0.488 e. The number of para-hydroxylation sites is 1. The Bertz CT molecular complexity index is 965. The summed E-state index contributed by atoms with van der Waals surface area (Å²) in [6.45, 7) is 0.293. The maximum absolute atomic E-state index is 12.5. The summed E-state index contributed by atoms with van der Waals surface area (Å²) in [5, 5.41) is 2.78. The fraction of sp³-hybridized carbons (Fsp3) is 0.211. The van der Waals surface area contributed by atoms with Gasteiger partial charge in [-0.05, 0) is 23.8 Å². The molecule has 1 aliphatic rings. The number of rotatable bonds is 5. The number of fused-ring (bicyclic) bond motifs is 1. The third-order valence-corrected chi connectivity index (χ3v) is 6.01. The van der Waals surface area contributed by atoms with Crippen molar-refractivity contribution >= 4 is 22.0 Å². The summed E-state index contributed by atoms with van der Waals surface area (Å²) in [4.78, 5) is 12.6. The van der Waals surface area contributed by atoms with Crippen LogP contribution in [-0.4, -0.2) is 39.3 Å². The van der Waals surface area contributed by atoms with E-state index in [0.717, 1.165) is 15.6 Å². The first-order valence-electron chi connectivity index (χ1n) is 8.10. The monoisotopic (exact) mass is 372 g/mol. The molecular weight excluding hydrogens is 352 g/mol. The van der Waals surface area contributed by atoms with Crippen LogP contribution in [0.4, 0.5) is 0 Å². The Hall–Kier alpha value is -2.64. The second-order valence-corrected chi connectivity index (χ2v) is 8.19. The molecule has 0 radical (unpaired) electrons. The first kappa shape index (κ1) is 18.2. The van der Waals surface area contributed by atoms with Crippen molar-refractivity contribution in [2.24, 2.45) is 0 Å². The molecule has 1 N–H and O–H groups in total. The maximum Gasteiger partial charge on any atom is 0.250 e. The second kappa shape index (κ2) is 7.31. The number of benzene rings is 2. The fourth-order valence-electron chi connectivity index (χ4n) is 2.63. The lowest BCUT2D eigenvalue weighted by Gasteiger charge is -2.18. The Morgan fingerprint density at radius 1 is 1.12 bits per heavy atom. The normalized spacial score (nSPS) is 13.6. The number of nitrogens with one attached hydrogen (secondary N) is 1. The third kappa shape index (κ3) is 3.63. The number of amides is 1. The van der Waals surface area contributed by atoms with Crippen LogP contribution in [0.15, 0.2) is 59.0 Å². The molecule has 1 aliphatic heterocycles. The van der Waals surface area contributed by atoms with Crippen molar-refractivity contribution in [2.75, 3.05) is 20.7 Å². The van der Waals surface area contributed by atoms with Crippen LogP contribution in [0.1, 0.15) is 11.1 Å². The smallest absolute Gasteiger partial charge is 0.250 e. The van der Waals surface area contributed by atoms with Crippen LogP contribution in [0.3, 0.4) is 0 Å². The van der Waals surface area contributed by atoms with Crippen molar-refractivity contribution in [3.05, 3.63) is 65.2 Å².